The van der Waals surface area contributed by atoms with Crippen LogP contribution in [-0.2, 0) is 9.53 Å². The van der Waals surface area contributed by atoms with Gasteiger partial charge in [-0.15, -0.1) is 0 Å². The normalized spacial score (nSPS) is 39.6. The highest BCUT2D eigenvalue weighted by Crippen LogP contribution is 2.15. The fraction of sp³-hybridized carbons (Fsp3) is 0.875. The highest BCUT2D eigenvalue weighted by Gasteiger charge is 2.35. The van der Waals surface area contributed by atoms with Crippen molar-refractivity contribution >= 4 is 5.97 Å². The van der Waals surface area contributed by atoms with Gasteiger partial charge in [-0.25, -0.2) is 0 Å². The summed E-state index contributed by atoms with van der Waals surface area (Å²) in [5.74, 6) is -0.133. The summed E-state index contributed by atoms with van der Waals surface area (Å²) in [4.78, 5) is 13.5. The van der Waals surface area contributed by atoms with Crippen molar-refractivity contribution in [3.8, 4) is 0 Å². The summed E-state index contributed by atoms with van der Waals surface area (Å²) < 4.78 is 4.69. The van der Waals surface area contributed by atoms with Crippen molar-refractivity contribution in [1.82, 2.24) is 10.2 Å². The average molecular weight is 170 g/mol. The number of esters is 1. The van der Waals surface area contributed by atoms with Crippen molar-refractivity contribution in [3.63, 3.8) is 0 Å². The van der Waals surface area contributed by atoms with Crippen LogP contribution < -0.4 is 5.32 Å². The van der Waals surface area contributed by atoms with Gasteiger partial charge in [-0.05, 0) is 13.0 Å². The maximum atomic E-state index is 11.2. The number of hydrogen-bond acceptors (Lipinski definition) is 4. The highest BCUT2D eigenvalue weighted by atomic mass is 16.5. The third-order valence-corrected chi connectivity index (χ3v) is 2.64. The van der Waals surface area contributed by atoms with Gasteiger partial charge in [-0.3, -0.25) is 15.0 Å². The Balaban J connectivity index is 1.98. The Labute approximate surface area is 71.9 Å². The molecular formula is C8H14N2O2. The molecule has 0 spiro atoms. The van der Waals surface area contributed by atoms with Gasteiger partial charge in [0.2, 0.25) is 0 Å². The van der Waals surface area contributed by atoms with Crippen molar-refractivity contribution in [2.75, 3.05) is 26.7 Å². The van der Waals surface area contributed by atoms with Gasteiger partial charge in [-0.1, -0.05) is 0 Å². The van der Waals surface area contributed by atoms with Crippen LogP contribution >= 0.6 is 0 Å². The number of hydrogen-bond donors (Lipinski definition) is 1. The standard InChI is InChI=1S/C8H14N2O2/c1-12-8(11)7-5-10-3-2-6(4-10)9-7/h6-7,9H,2-5H2,1H3. The van der Waals surface area contributed by atoms with Crippen molar-refractivity contribution in [2.45, 2.75) is 18.5 Å². The first-order chi connectivity index (χ1) is 5.79. The number of ether oxygens (including phenoxy) is 1. The molecule has 12 heavy (non-hydrogen) atoms. The van der Waals surface area contributed by atoms with Gasteiger partial charge in [-0.2, -0.15) is 0 Å². The van der Waals surface area contributed by atoms with Crippen LogP contribution in [0.15, 0.2) is 0 Å². The fourth-order valence-corrected chi connectivity index (χ4v) is 2.01. The molecule has 0 amide bonds. The van der Waals surface area contributed by atoms with E-state index in [-0.39, 0.29) is 12.0 Å². The SMILES string of the molecule is COC(=O)C1CN2CCC(C2)N1. The van der Waals surface area contributed by atoms with Crippen LogP contribution in [-0.4, -0.2) is 49.7 Å². The van der Waals surface area contributed by atoms with E-state index in [4.69, 9.17) is 0 Å². The summed E-state index contributed by atoms with van der Waals surface area (Å²) in [7, 11) is 1.44. The second-order valence-electron chi connectivity index (χ2n) is 3.49. The molecule has 2 bridgehead atoms. The molecule has 3 atom stereocenters. The minimum absolute atomic E-state index is 0.101. The Morgan fingerprint density at radius 1 is 1.58 bits per heavy atom. The lowest BCUT2D eigenvalue weighted by Crippen LogP contribution is -2.54. The van der Waals surface area contributed by atoms with Gasteiger partial charge in [0.15, 0.2) is 0 Å². The lowest BCUT2D eigenvalue weighted by Gasteiger charge is -2.29. The second kappa shape index (κ2) is 3.03. The first-order valence-corrected chi connectivity index (χ1v) is 4.36. The van der Waals surface area contributed by atoms with Gasteiger partial charge in [0.25, 0.3) is 0 Å². The van der Waals surface area contributed by atoms with Crippen LogP contribution in [0, 0.1) is 0 Å². The summed E-state index contributed by atoms with van der Waals surface area (Å²) in [6, 6.07) is 0.402. The second-order valence-corrected chi connectivity index (χ2v) is 3.49. The molecule has 2 aliphatic rings. The van der Waals surface area contributed by atoms with E-state index in [1.165, 1.54) is 7.11 Å². The molecular weight excluding hydrogens is 156 g/mol. The molecule has 3 unspecified atom stereocenters. The zero-order chi connectivity index (χ0) is 8.55. The number of rotatable bonds is 1. The van der Waals surface area contributed by atoms with E-state index in [1.54, 1.807) is 0 Å². The van der Waals surface area contributed by atoms with Crippen LogP contribution in [0.2, 0.25) is 0 Å². The van der Waals surface area contributed by atoms with Gasteiger partial charge in [0.05, 0.1) is 7.11 Å². The van der Waals surface area contributed by atoms with Gasteiger partial charge in [0.1, 0.15) is 6.04 Å². The van der Waals surface area contributed by atoms with Crippen LogP contribution in [0.3, 0.4) is 0 Å². The van der Waals surface area contributed by atoms with E-state index in [0.29, 0.717) is 6.04 Å². The molecule has 2 heterocycles. The van der Waals surface area contributed by atoms with Gasteiger partial charge >= 0.3 is 5.97 Å². The molecule has 0 aliphatic carbocycles. The van der Waals surface area contributed by atoms with Gasteiger partial charge in [0, 0.05) is 19.1 Å². The first kappa shape index (κ1) is 8.01. The molecule has 0 radical (unpaired) electrons. The Morgan fingerprint density at radius 3 is 3.08 bits per heavy atom. The van der Waals surface area contributed by atoms with E-state index in [0.717, 1.165) is 26.1 Å². The van der Waals surface area contributed by atoms with E-state index >= 15 is 0 Å². The lowest BCUT2D eigenvalue weighted by atomic mass is 10.2. The van der Waals surface area contributed by atoms with Crippen molar-refractivity contribution in [2.24, 2.45) is 0 Å². The maximum Gasteiger partial charge on any atom is 0.324 e. The van der Waals surface area contributed by atoms with Crippen molar-refractivity contribution in [3.05, 3.63) is 0 Å². The molecule has 1 N–H and O–H groups in total. The van der Waals surface area contributed by atoms with Crippen molar-refractivity contribution < 1.29 is 9.53 Å². The van der Waals surface area contributed by atoms with Crippen LogP contribution in [0.5, 0.6) is 0 Å². The molecule has 2 rings (SSSR count). The van der Waals surface area contributed by atoms with E-state index in [9.17, 15) is 4.79 Å². The van der Waals surface area contributed by atoms with Crippen LogP contribution in [0.4, 0.5) is 0 Å². The molecule has 2 fully saturated rings. The fourth-order valence-electron chi connectivity index (χ4n) is 2.01. The number of nitrogens with one attached hydrogen (secondary N) is 1. The monoisotopic (exact) mass is 170 g/mol. The third kappa shape index (κ3) is 1.32. The summed E-state index contributed by atoms with van der Waals surface area (Å²) in [5.41, 5.74) is 0. The molecule has 68 valence electrons. The molecule has 4 heteroatoms. The number of carbonyl (C=O) groups excluding carboxylic acids is 1. The largest absolute Gasteiger partial charge is 0.468 e. The van der Waals surface area contributed by atoms with Crippen LogP contribution in [0.25, 0.3) is 0 Å². The number of methoxy groups -OCH3 is 1. The first-order valence-electron chi connectivity index (χ1n) is 4.36. The molecule has 0 saturated carbocycles. The third-order valence-electron chi connectivity index (χ3n) is 2.64. The lowest BCUT2D eigenvalue weighted by molar-refractivity contribution is -0.144. The summed E-state index contributed by atoms with van der Waals surface area (Å²) in [6.45, 7) is 3.02. The summed E-state index contributed by atoms with van der Waals surface area (Å²) in [5, 5.41) is 3.28. The number of piperazine rings is 1. The zero-order valence-electron chi connectivity index (χ0n) is 7.25. The summed E-state index contributed by atoms with van der Waals surface area (Å²) in [6.07, 6.45) is 1.16. The minimum atomic E-state index is -0.133. The molecule has 0 aromatic heterocycles. The van der Waals surface area contributed by atoms with Crippen LogP contribution in [0.1, 0.15) is 6.42 Å². The molecule has 2 aliphatic heterocycles. The average Bonchev–Trinajstić information content (AvgIpc) is 2.44. The molecule has 2 saturated heterocycles. The maximum absolute atomic E-state index is 11.2. The smallest absolute Gasteiger partial charge is 0.324 e. The van der Waals surface area contributed by atoms with E-state index in [1.807, 2.05) is 0 Å². The number of fused-ring (bicyclic) bond motifs is 2. The number of nitrogens with zero attached hydrogens (tertiary/aromatic N) is 1. The quantitative estimate of drug-likeness (QED) is 0.523. The van der Waals surface area contributed by atoms with Gasteiger partial charge < -0.3 is 4.74 Å². The zero-order valence-corrected chi connectivity index (χ0v) is 7.25. The molecule has 0 aromatic carbocycles. The Hall–Kier alpha value is -0.610. The Morgan fingerprint density at radius 2 is 2.42 bits per heavy atom. The summed E-state index contributed by atoms with van der Waals surface area (Å²) >= 11 is 0. The Bertz CT molecular complexity index is 183. The van der Waals surface area contributed by atoms with E-state index in [2.05, 4.69) is 15.0 Å². The predicted octanol–water partition coefficient (Wildman–Crippen LogP) is -0.794. The highest BCUT2D eigenvalue weighted by molar-refractivity contribution is 5.76. The van der Waals surface area contributed by atoms with Crippen molar-refractivity contribution in [1.29, 1.82) is 0 Å². The number of carbonyl (C=O) groups is 1. The Kier molecular flexibility index (Phi) is 2.02. The minimum Gasteiger partial charge on any atom is -0.468 e. The molecule has 0 aromatic rings. The predicted molar refractivity (Wildman–Crippen MR) is 43.8 cm³/mol. The topological polar surface area (TPSA) is 41.6 Å². The van der Waals surface area contributed by atoms with E-state index < -0.39 is 0 Å². The molecule has 4 nitrogen and oxygen atoms in total.